The van der Waals surface area contributed by atoms with Crippen LogP contribution >= 0.6 is 0 Å². The summed E-state index contributed by atoms with van der Waals surface area (Å²) < 4.78 is 5.85. The lowest BCUT2D eigenvalue weighted by Gasteiger charge is -2.38. The Labute approximate surface area is 194 Å². The first-order valence-electron chi connectivity index (χ1n) is 10.7. The second-order valence-corrected chi connectivity index (χ2v) is 9.67. The molecular formula is C24H31N5O4. The van der Waals surface area contributed by atoms with Gasteiger partial charge in [-0.2, -0.15) is 5.26 Å². The molecule has 2 amide bonds. The Hall–Kier alpha value is -3.67. The Morgan fingerprint density at radius 1 is 1.18 bits per heavy atom. The number of benzene rings is 1. The minimum atomic E-state index is -1.17. The second-order valence-electron chi connectivity index (χ2n) is 9.67. The summed E-state index contributed by atoms with van der Waals surface area (Å²) in [5.41, 5.74) is 0.672. The van der Waals surface area contributed by atoms with Gasteiger partial charge >= 0.3 is 12.1 Å². The first-order chi connectivity index (χ1) is 15.3. The minimum Gasteiger partial charge on any atom is -0.465 e. The van der Waals surface area contributed by atoms with E-state index in [0.29, 0.717) is 23.4 Å². The number of rotatable bonds is 6. The molecular weight excluding hydrogens is 422 g/mol. The second kappa shape index (κ2) is 9.86. The maximum Gasteiger partial charge on any atom is 0.408 e. The Morgan fingerprint density at radius 2 is 1.79 bits per heavy atom. The van der Waals surface area contributed by atoms with E-state index in [1.165, 1.54) is 12.4 Å². The molecule has 0 unspecified atom stereocenters. The molecule has 9 nitrogen and oxygen atoms in total. The molecule has 1 aromatic carbocycles. The molecule has 176 valence electrons. The number of hydrogen-bond donors (Lipinski definition) is 2. The lowest BCUT2D eigenvalue weighted by atomic mass is 9.85. The summed E-state index contributed by atoms with van der Waals surface area (Å²) in [6.07, 6.45) is 1.94. The van der Waals surface area contributed by atoms with E-state index in [9.17, 15) is 20.0 Å². The first-order valence-corrected chi connectivity index (χ1v) is 10.7. The highest BCUT2D eigenvalue weighted by atomic mass is 16.5. The van der Waals surface area contributed by atoms with Crippen molar-refractivity contribution in [2.75, 3.05) is 5.32 Å². The topological polar surface area (TPSA) is 128 Å². The first kappa shape index (κ1) is 25.6. The van der Waals surface area contributed by atoms with Gasteiger partial charge in [0.2, 0.25) is 5.91 Å². The van der Waals surface area contributed by atoms with E-state index < -0.39 is 23.6 Å². The van der Waals surface area contributed by atoms with Crippen LogP contribution in [-0.4, -0.2) is 43.6 Å². The SMILES string of the molecule is CC[C@H](C(=O)Nc1cnc(Oc2ccc(C#N)cc2C(C)(C)C)nc1)N(C(=O)O)C(C)(C)C. The number of aromatic nitrogens is 2. The van der Waals surface area contributed by atoms with Crippen molar-refractivity contribution < 1.29 is 19.4 Å². The molecule has 0 radical (unpaired) electrons. The third-order valence-corrected chi connectivity index (χ3v) is 4.94. The van der Waals surface area contributed by atoms with Crippen LogP contribution in [0.1, 0.15) is 66.0 Å². The smallest absolute Gasteiger partial charge is 0.408 e. The van der Waals surface area contributed by atoms with Crippen molar-refractivity contribution in [1.82, 2.24) is 14.9 Å². The summed E-state index contributed by atoms with van der Waals surface area (Å²) in [6.45, 7) is 13.0. The molecule has 0 saturated heterocycles. The van der Waals surface area contributed by atoms with E-state index in [1.54, 1.807) is 45.9 Å². The Bertz CT molecular complexity index is 1050. The summed E-state index contributed by atoms with van der Waals surface area (Å²) in [5, 5.41) is 21.5. The molecule has 33 heavy (non-hydrogen) atoms. The Kier molecular flexibility index (Phi) is 7.64. The third kappa shape index (κ3) is 6.42. The summed E-state index contributed by atoms with van der Waals surface area (Å²) in [7, 11) is 0. The van der Waals surface area contributed by atoms with Gasteiger partial charge in [-0.1, -0.05) is 27.7 Å². The average molecular weight is 454 g/mol. The standard InChI is InChI=1S/C24H31N5O4/c1-8-18(29(22(31)32)24(5,6)7)20(30)28-16-13-26-21(27-14-16)33-19-10-9-15(12-25)11-17(19)23(2,3)4/h9-11,13-14,18H,8H2,1-7H3,(H,28,30)(H,31,32)/t18-/m1/s1. The van der Waals surface area contributed by atoms with Crippen LogP contribution in [0.4, 0.5) is 10.5 Å². The summed E-state index contributed by atoms with van der Waals surface area (Å²) in [6, 6.07) is 6.48. The highest BCUT2D eigenvalue weighted by Gasteiger charge is 2.36. The van der Waals surface area contributed by atoms with Gasteiger partial charge in [0, 0.05) is 11.1 Å². The molecule has 0 fully saturated rings. The number of nitriles is 1. The van der Waals surface area contributed by atoms with E-state index in [0.717, 1.165) is 10.5 Å². The quantitative estimate of drug-likeness (QED) is 0.634. The van der Waals surface area contributed by atoms with Gasteiger partial charge in [0.05, 0.1) is 29.7 Å². The lowest BCUT2D eigenvalue weighted by molar-refractivity contribution is -0.122. The van der Waals surface area contributed by atoms with E-state index >= 15 is 0 Å². The predicted octanol–water partition coefficient (Wildman–Crippen LogP) is 4.93. The van der Waals surface area contributed by atoms with Crippen LogP contribution in [0, 0.1) is 11.3 Å². The number of carbonyl (C=O) groups is 2. The number of carboxylic acid groups (broad SMARTS) is 1. The molecule has 0 saturated carbocycles. The zero-order valence-electron chi connectivity index (χ0n) is 20.1. The lowest BCUT2D eigenvalue weighted by Crippen LogP contribution is -2.55. The minimum absolute atomic E-state index is 0.0807. The number of amides is 2. The molecule has 2 N–H and O–H groups in total. The molecule has 1 aromatic heterocycles. The molecule has 0 aliphatic heterocycles. The number of nitrogens with zero attached hydrogens (tertiary/aromatic N) is 4. The highest BCUT2D eigenvalue weighted by molar-refractivity contribution is 5.96. The van der Waals surface area contributed by atoms with Gasteiger partial charge in [0.1, 0.15) is 11.8 Å². The Morgan fingerprint density at radius 3 is 2.24 bits per heavy atom. The zero-order valence-corrected chi connectivity index (χ0v) is 20.1. The van der Waals surface area contributed by atoms with Crippen LogP contribution in [-0.2, 0) is 10.2 Å². The van der Waals surface area contributed by atoms with Crippen LogP contribution in [0.3, 0.4) is 0 Å². The van der Waals surface area contributed by atoms with Crippen molar-refractivity contribution in [2.45, 2.75) is 71.9 Å². The molecule has 1 atom stereocenters. The van der Waals surface area contributed by atoms with Crippen molar-refractivity contribution >= 4 is 17.7 Å². The van der Waals surface area contributed by atoms with Gasteiger partial charge in [0.15, 0.2) is 0 Å². The van der Waals surface area contributed by atoms with Crippen LogP contribution in [0.25, 0.3) is 0 Å². The van der Waals surface area contributed by atoms with Crippen molar-refractivity contribution in [2.24, 2.45) is 0 Å². The zero-order chi connectivity index (χ0) is 25.0. The van der Waals surface area contributed by atoms with Gasteiger partial charge in [-0.05, 0) is 50.8 Å². The molecule has 0 aliphatic rings. The predicted molar refractivity (Wildman–Crippen MR) is 124 cm³/mol. The van der Waals surface area contributed by atoms with Gasteiger partial charge in [-0.3, -0.25) is 9.69 Å². The normalized spacial score (nSPS) is 12.4. The number of carbonyl (C=O) groups excluding carboxylic acids is 1. The van der Waals surface area contributed by atoms with Crippen molar-refractivity contribution in [3.63, 3.8) is 0 Å². The molecule has 0 aliphatic carbocycles. The van der Waals surface area contributed by atoms with Crippen LogP contribution in [0.15, 0.2) is 30.6 Å². The molecule has 0 bridgehead atoms. The van der Waals surface area contributed by atoms with Crippen molar-refractivity contribution in [3.05, 3.63) is 41.7 Å². The van der Waals surface area contributed by atoms with E-state index in [2.05, 4.69) is 21.4 Å². The summed E-state index contributed by atoms with van der Waals surface area (Å²) >= 11 is 0. The number of nitrogens with one attached hydrogen (secondary N) is 1. The largest absolute Gasteiger partial charge is 0.465 e. The summed E-state index contributed by atoms with van der Waals surface area (Å²) in [5.74, 6) is 0.0702. The van der Waals surface area contributed by atoms with Gasteiger partial charge in [-0.25, -0.2) is 14.8 Å². The Balaban J connectivity index is 2.21. The fraction of sp³-hybridized carbons (Fsp3) is 0.458. The monoisotopic (exact) mass is 453 g/mol. The molecule has 0 spiro atoms. The highest BCUT2D eigenvalue weighted by Crippen LogP contribution is 2.34. The van der Waals surface area contributed by atoms with E-state index in [-0.39, 0.29) is 11.4 Å². The number of hydrogen-bond acceptors (Lipinski definition) is 6. The number of anilines is 1. The molecule has 2 rings (SSSR count). The van der Waals surface area contributed by atoms with Crippen molar-refractivity contribution in [3.8, 4) is 17.8 Å². The van der Waals surface area contributed by atoms with Gasteiger partial charge < -0.3 is 15.2 Å². The van der Waals surface area contributed by atoms with Crippen molar-refractivity contribution in [1.29, 1.82) is 5.26 Å². The van der Waals surface area contributed by atoms with Gasteiger partial charge in [0.25, 0.3) is 0 Å². The van der Waals surface area contributed by atoms with Crippen LogP contribution < -0.4 is 10.1 Å². The summed E-state index contributed by atoms with van der Waals surface area (Å²) in [4.78, 5) is 34.0. The third-order valence-electron chi connectivity index (χ3n) is 4.94. The maximum atomic E-state index is 12.8. The molecule has 1 heterocycles. The number of ether oxygens (including phenoxy) is 1. The van der Waals surface area contributed by atoms with Crippen LogP contribution in [0.5, 0.6) is 11.8 Å². The van der Waals surface area contributed by atoms with Crippen LogP contribution in [0.2, 0.25) is 0 Å². The van der Waals surface area contributed by atoms with E-state index in [1.807, 2.05) is 20.8 Å². The van der Waals surface area contributed by atoms with E-state index in [4.69, 9.17) is 4.74 Å². The average Bonchev–Trinajstić information content (AvgIpc) is 2.71. The fourth-order valence-electron chi connectivity index (χ4n) is 3.40. The molecule has 2 aromatic rings. The maximum absolute atomic E-state index is 12.8. The molecule has 9 heteroatoms. The van der Waals surface area contributed by atoms with Gasteiger partial charge in [-0.15, -0.1) is 0 Å². The fourth-order valence-corrected chi connectivity index (χ4v) is 3.40.